The van der Waals surface area contributed by atoms with E-state index in [0.717, 1.165) is 5.56 Å². The number of hydrogen-bond acceptors (Lipinski definition) is 2. The first-order valence-electron chi connectivity index (χ1n) is 3.25. The number of carboxylic acids is 1. The van der Waals surface area contributed by atoms with Crippen molar-refractivity contribution >= 4 is 30.2 Å². The highest BCUT2D eigenvalue weighted by molar-refractivity contribution is 7.80. The number of benzene rings is 1. The Morgan fingerprint density at radius 3 is 2.58 bits per heavy atom. The predicted octanol–water partition coefficient (Wildman–Crippen LogP) is 2.64. The van der Waals surface area contributed by atoms with Crippen molar-refractivity contribution in [1.82, 2.24) is 0 Å². The van der Waals surface area contributed by atoms with Crippen LogP contribution in [0.15, 0.2) is 17.0 Å². The lowest BCUT2D eigenvalue weighted by Crippen LogP contribution is -1.97. The lowest BCUT2D eigenvalue weighted by atomic mass is 10.1. The second kappa shape index (κ2) is 3.37. The van der Waals surface area contributed by atoms with Crippen molar-refractivity contribution in [3.63, 3.8) is 0 Å². The van der Waals surface area contributed by atoms with Crippen LogP contribution in [0.1, 0.15) is 15.9 Å². The highest BCUT2D eigenvalue weighted by Gasteiger charge is 2.07. The average molecular weight is 203 g/mol. The summed E-state index contributed by atoms with van der Waals surface area (Å²) < 4.78 is 0. The van der Waals surface area contributed by atoms with Crippen molar-refractivity contribution in [3.8, 4) is 0 Å². The van der Waals surface area contributed by atoms with Crippen molar-refractivity contribution in [1.29, 1.82) is 0 Å². The van der Waals surface area contributed by atoms with Crippen molar-refractivity contribution in [2.75, 3.05) is 0 Å². The topological polar surface area (TPSA) is 37.3 Å². The predicted molar refractivity (Wildman–Crippen MR) is 50.4 cm³/mol. The van der Waals surface area contributed by atoms with E-state index in [1.807, 2.05) is 0 Å². The lowest BCUT2D eigenvalue weighted by molar-refractivity contribution is 0.0696. The summed E-state index contributed by atoms with van der Waals surface area (Å²) in [6, 6.07) is 2.95. The minimum Gasteiger partial charge on any atom is -0.478 e. The van der Waals surface area contributed by atoms with E-state index in [-0.39, 0.29) is 5.56 Å². The summed E-state index contributed by atoms with van der Waals surface area (Å²) in [5, 5.41) is 9.15. The summed E-state index contributed by atoms with van der Waals surface area (Å²) in [6.07, 6.45) is 0. The summed E-state index contributed by atoms with van der Waals surface area (Å²) in [7, 11) is 0. The Morgan fingerprint density at radius 2 is 2.17 bits per heavy atom. The zero-order valence-electron chi connectivity index (χ0n) is 6.34. The zero-order valence-corrected chi connectivity index (χ0v) is 7.99. The highest BCUT2D eigenvalue weighted by Crippen LogP contribution is 2.25. The number of hydrogen-bond donors (Lipinski definition) is 2. The van der Waals surface area contributed by atoms with E-state index in [2.05, 4.69) is 12.6 Å². The van der Waals surface area contributed by atoms with Crippen LogP contribution in [0.3, 0.4) is 0 Å². The molecule has 1 rings (SSSR count). The monoisotopic (exact) mass is 202 g/mol. The summed E-state index contributed by atoms with van der Waals surface area (Å²) in [5.74, 6) is -0.968. The standard InChI is InChI=1S/C8H7ClO2S/c1-4-2-5(8(10)11)3-6(12)7(4)9/h2-3,12H,1H3,(H,10,11). The molecule has 0 fully saturated rings. The Bertz CT molecular complexity index is 313. The number of rotatable bonds is 1. The third-order valence-corrected chi connectivity index (χ3v) is 2.47. The maximum absolute atomic E-state index is 10.5. The molecule has 1 aromatic carbocycles. The van der Waals surface area contributed by atoms with Gasteiger partial charge in [-0.25, -0.2) is 4.79 Å². The van der Waals surface area contributed by atoms with Gasteiger partial charge in [0.1, 0.15) is 0 Å². The number of carboxylic acid groups (broad SMARTS) is 1. The molecule has 1 N–H and O–H groups in total. The molecule has 0 aliphatic carbocycles. The third kappa shape index (κ3) is 1.73. The van der Waals surface area contributed by atoms with Crippen LogP contribution >= 0.6 is 24.2 Å². The van der Waals surface area contributed by atoms with Gasteiger partial charge in [0.2, 0.25) is 0 Å². The first-order valence-corrected chi connectivity index (χ1v) is 4.07. The Hall–Kier alpha value is -0.670. The maximum Gasteiger partial charge on any atom is 0.335 e. The van der Waals surface area contributed by atoms with Gasteiger partial charge in [-0.1, -0.05) is 11.6 Å². The van der Waals surface area contributed by atoms with Gasteiger partial charge in [-0.3, -0.25) is 0 Å². The molecule has 1 aromatic rings. The molecule has 0 atom stereocenters. The van der Waals surface area contributed by atoms with E-state index >= 15 is 0 Å². The molecule has 0 aliphatic heterocycles. The molecule has 0 unspecified atom stereocenters. The normalized spacial score (nSPS) is 9.92. The number of thiol groups is 1. The Labute approximate surface area is 80.6 Å². The molecule has 0 bridgehead atoms. The van der Waals surface area contributed by atoms with Crippen molar-refractivity contribution in [2.45, 2.75) is 11.8 Å². The van der Waals surface area contributed by atoms with E-state index in [4.69, 9.17) is 16.7 Å². The van der Waals surface area contributed by atoms with Gasteiger partial charge in [0.15, 0.2) is 0 Å². The summed E-state index contributed by atoms with van der Waals surface area (Å²) in [6.45, 7) is 1.74. The van der Waals surface area contributed by atoms with Crippen LogP contribution in [0.2, 0.25) is 5.02 Å². The van der Waals surface area contributed by atoms with E-state index in [0.29, 0.717) is 9.92 Å². The van der Waals surface area contributed by atoms with Gasteiger partial charge in [0.25, 0.3) is 0 Å². The van der Waals surface area contributed by atoms with Crippen molar-refractivity contribution < 1.29 is 9.90 Å². The van der Waals surface area contributed by atoms with E-state index in [1.54, 1.807) is 6.92 Å². The van der Waals surface area contributed by atoms with E-state index in [9.17, 15) is 4.79 Å². The first kappa shape index (κ1) is 9.42. The van der Waals surface area contributed by atoms with Gasteiger partial charge >= 0.3 is 5.97 Å². The number of carbonyl (C=O) groups is 1. The molecule has 4 heteroatoms. The minimum atomic E-state index is -0.968. The Kier molecular flexibility index (Phi) is 2.65. The molecule has 0 aliphatic rings. The number of aromatic carboxylic acids is 1. The van der Waals surface area contributed by atoms with Gasteiger partial charge in [-0.2, -0.15) is 0 Å². The molecule has 2 nitrogen and oxygen atoms in total. The number of aryl methyl sites for hydroxylation is 1. The summed E-state index contributed by atoms with van der Waals surface area (Å²) in [5.41, 5.74) is 0.934. The van der Waals surface area contributed by atoms with Crippen LogP contribution in [0.5, 0.6) is 0 Å². The zero-order chi connectivity index (χ0) is 9.30. The van der Waals surface area contributed by atoms with E-state index in [1.165, 1.54) is 12.1 Å². The first-order chi connectivity index (χ1) is 5.52. The van der Waals surface area contributed by atoms with Crippen molar-refractivity contribution in [3.05, 3.63) is 28.3 Å². The maximum atomic E-state index is 10.5. The van der Waals surface area contributed by atoms with Gasteiger partial charge in [0, 0.05) is 4.90 Å². The fourth-order valence-electron chi connectivity index (χ4n) is 0.874. The fraction of sp³-hybridized carbons (Fsp3) is 0.125. The van der Waals surface area contributed by atoms with Crippen LogP contribution in [0, 0.1) is 6.92 Å². The second-order valence-electron chi connectivity index (χ2n) is 2.43. The molecule has 0 saturated carbocycles. The molecule has 12 heavy (non-hydrogen) atoms. The largest absolute Gasteiger partial charge is 0.478 e. The van der Waals surface area contributed by atoms with Gasteiger partial charge < -0.3 is 5.11 Å². The molecular weight excluding hydrogens is 196 g/mol. The fourth-order valence-corrected chi connectivity index (χ4v) is 1.30. The van der Waals surface area contributed by atoms with Crippen LogP contribution < -0.4 is 0 Å². The SMILES string of the molecule is Cc1cc(C(=O)O)cc(S)c1Cl. The van der Waals surface area contributed by atoms with Crippen molar-refractivity contribution in [2.24, 2.45) is 0 Å². The molecule has 0 saturated heterocycles. The Balaban J connectivity index is 3.31. The van der Waals surface area contributed by atoms with Gasteiger partial charge in [-0.15, -0.1) is 12.6 Å². The lowest BCUT2D eigenvalue weighted by Gasteiger charge is -2.02. The average Bonchev–Trinajstić information content (AvgIpc) is 1.99. The molecular formula is C8H7ClO2S. The molecule has 0 aromatic heterocycles. The van der Waals surface area contributed by atoms with Crippen LogP contribution in [-0.4, -0.2) is 11.1 Å². The van der Waals surface area contributed by atoms with Crippen LogP contribution in [0.25, 0.3) is 0 Å². The summed E-state index contributed by atoms with van der Waals surface area (Å²) >= 11 is 9.82. The molecule has 0 radical (unpaired) electrons. The third-order valence-electron chi connectivity index (χ3n) is 1.48. The summed E-state index contributed by atoms with van der Waals surface area (Å²) in [4.78, 5) is 11.0. The molecule has 64 valence electrons. The molecule has 0 spiro atoms. The second-order valence-corrected chi connectivity index (χ2v) is 3.29. The highest BCUT2D eigenvalue weighted by atomic mass is 35.5. The quantitative estimate of drug-likeness (QED) is 0.687. The molecule has 0 heterocycles. The van der Waals surface area contributed by atoms with E-state index < -0.39 is 5.97 Å². The smallest absolute Gasteiger partial charge is 0.335 e. The Morgan fingerprint density at radius 1 is 1.58 bits per heavy atom. The van der Waals surface area contributed by atoms with Gasteiger partial charge in [0.05, 0.1) is 10.6 Å². The van der Waals surface area contributed by atoms with Crippen LogP contribution in [0.4, 0.5) is 0 Å². The minimum absolute atomic E-state index is 0.210. The van der Waals surface area contributed by atoms with Crippen LogP contribution in [-0.2, 0) is 0 Å². The number of halogens is 1. The van der Waals surface area contributed by atoms with Gasteiger partial charge in [-0.05, 0) is 24.6 Å². The molecule has 0 amide bonds.